The van der Waals surface area contributed by atoms with Crippen LogP contribution in [0, 0.1) is 12.7 Å². The number of carbonyl (C=O) groups excluding carboxylic acids is 1. The van der Waals surface area contributed by atoms with Crippen molar-refractivity contribution in [3.63, 3.8) is 0 Å². The standard InChI is InChI=1S/C17H24FNO2/c1-3-9-19(12-14-6-4-5-10-21-14)17(20)15-11-13(2)7-8-16(15)18/h7-8,11,14H,3-6,9-10,12H2,1-2H3. The van der Waals surface area contributed by atoms with Crippen LogP contribution in [-0.2, 0) is 4.74 Å². The van der Waals surface area contributed by atoms with Crippen molar-refractivity contribution in [3.8, 4) is 0 Å². The van der Waals surface area contributed by atoms with Gasteiger partial charge in [0.05, 0.1) is 11.7 Å². The van der Waals surface area contributed by atoms with Gasteiger partial charge in [0, 0.05) is 19.7 Å². The predicted molar refractivity (Wildman–Crippen MR) is 80.9 cm³/mol. The van der Waals surface area contributed by atoms with Crippen molar-refractivity contribution in [2.75, 3.05) is 19.7 Å². The first-order valence-electron chi connectivity index (χ1n) is 7.79. The number of halogens is 1. The van der Waals surface area contributed by atoms with Gasteiger partial charge in [-0.05, 0) is 44.7 Å². The summed E-state index contributed by atoms with van der Waals surface area (Å²) in [5.41, 5.74) is 1.06. The van der Waals surface area contributed by atoms with Crippen molar-refractivity contribution in [2.45, 2.75) is 45.6 Å². The molecular formula is C17H24FNO2. The molecule has 1 aliphatic rings. The molecule has 116 valence electrons. The third kappa shape index (κ3) is 4.27. The highest BCUT2D eigenvalue weighted by Gasteiger charge is 2.23. The molecule has 1 atom stereocenters. The Labute approximate surface area is 126 Å². The molecule has 1 unspecified atom stereocenters. The molecule has 1 aliphatic heterocycles. The highest BCUT2D eigenvalue weighted by atomic mass is 19.1. The average Bonchev–Trinajstić information content (AvgIpc) is 2.49. The number of nitrogens with zero attached hydrogens (tertiary/aromatic N) is 1. The van der Waals surface area contributed by atoms with Crippen LogP contribution in [0.3, 0.4) is 0 Å². The molecule has 1 fully saturated rings. The van der Waals surface area contributed by atoms with Crippen LogP contribution < -0.4 is 0 Å². The molecule has 1 saturated heterocycles. The fraction of sp³-hybridized carbons (Fsp3) is 0.588. The van der Waals surface area contributed by atoms with Gasteiger partial charge in [-0.15, -0.1) is 0 Å². The van der Waals surface area contributed by atoms with E-state index < -0.39 is 5.82 Å². The predicted octanol–water partition coefficient (Wildman–Crippen LogP) is 3.56. The second-order valence-corrected chi connectivity index (χ2v) is 5.72. The fourth-order valence-corrected chi connectivity index (χ4v) is 2.72. The van der Waals surface area contributed by atoms with Crippen LogP contribution in [0.5, 0.6) is 0 Å². The Morgan fingerprint density at radius 2 is 2.24 bits per heavy atom. The van der Waals surface area contributed by atoms with E-state index in [-0.39, 0.29) is 17.6 Å². The monoisotopic (exact) mass is 293 g/mol. The lowest BCUT2D eigenvalue weighted by Crippen LogP contribution is -2.40. The van der Waals surface area contributed by atoms with Crippen LogP contribution in [0.25, 0.3) is 0 Å². The third-order valence-electron chi connectivity index (χ3n) is 3.83. The first-order valence-corrected chi connectivity index (χ1v) is 7.79. The van der Waals surface area contributed by atoms with E-state index in [2.05, 4.69) is 0 Å². The Morgan fingerprint density at radius 1 is 1.43 bits per heavy atom. The number of rotatable bonds is 5. The smallest absolute Gasteiger partial charge is 0.256 e. The van der Waals surface area contributed by atoms with Gasteiger partial charge in [-0.2, -0.15) is 0 Å². The summed E-state index contributed by atoms with van der Waals surface area (Å²) >= 11 is 0. The summed E-state index contributed by atoms with van der Waals surface area (Å²) in [7, 11) is 0. The van der Waals surface area contributed by atoms with Gasteiger partial charge in [0.25, 0.3) is 5.91 Å². The van der Waals surface area contributed by atoms with E-state index in [0.29, 0.717) is 13.1 Å². The van der Waals surface area contributed by atoms with Gasteiger partial charge in [-0.25, -0.2) is 4.39 Å². The minimum Gasteiger partial charge on any atom is -0.376 e. The molecule has 0 aromatic heterocycles. The maximum Gasteiger partial charge on any atom is 0.256 e. The zero-order valence-electron chi connectivity index (χ0n) is 12.9. The highest BCUT2D eigenvalue weighted by Crippen LogP contribution is 2.17. The number of hydrogen-bond acceptors (Lipinski definition) is 2. The number of aryl methyl sites for hydroxylation is 1. The summed E-state index contributed by atoms with van der Waals surface area (Å²) in [6, 6.07) is 4.67. The lowest BCUT2D eigenvalue weighted by molar-refractivity contribution is -0.00393. The quantitative estimate of drug-likeness (QED) is 0.831. The van der Waals surface area contributed by atoms with Gasteiger partial charge in [0.15, 0.2) is 0 Å². The van der Waals surface area contributed by atoms with Crippen LogP contribution >= 0.6 is 0 Å². The molecule has 1 amide bonds. The Bertz CT molecular complexity index is 484. The molecule has 1 heterocycles. The number of benzene rings is 1. The van der Waals surface area contributed by atoms with Crippen molar-refractivity contribution in [1.82, 2.24) is 4.90 Å². The topological polar surface area (TPSA) is 29.5 Å². The normalized spacial score (nSPS) is 18.5. The van der Waals surface area contributed by atoms with Gasteiger partial charge < -0.3 is 9.64 Å². The SMILES string of the molecule is CCCN(CC1CCCCO1)C(=O)c1cc(C)ccc1F. The minimum absolute atomic E-state index is 0.0853. The van der Waals surface area contributed by atoms with Gasteiger partial charge in [-0.1, -0.05) is 18.6 Å². The van der Waals surface area contributed by atoms with Crippen molar-refractivity contribution >= 4 is 5.91 Å². The molecule has 21 heavy (non-hydrogen) atoms. The van der Waals surface area contributed by atoms with E-state index >= 15 is 0 Å². The Kier molecular flexibility index (Phi) is 5.74. The lowest BCUT2D eigenvalue weighted by Gasteiger charge is -2.30. The van der Waals surface area contributed by atoms with E-state index in [1.807, 2.05) is 13.8 Å². The molecule has 4 heteroatoms. The second-order valence-electron chi connectivity index (χ2n) is 5.72. The molecule has 0 saturated carbocycles. The number of carbonyl (C=O) groups is 1. The van der Waals surface area contributed by atoms with E-state index in [9.17, 15) is 9.18 Å². The minimum atomic E-state index is -0.448. The molecule has 2 rings (SSSR count). The number of hydrogen-bond donors (Lipinski definition) is 0. The molecule has 0 aliphatic carbocycles. The third-order valence-corrected chi connectivity index (χ3v) is 3.83. The largest absolute Gasteiger partial charge is 0.376 e. The summed E-state index contributed by atoms with van der Waals surface area (Å²) in [5.74, 6) is -0.677. The molecular weight excluding hydrogens is 269 g/mol. The first kappa shape index (κ1) is 16.0. The highest BCUT2D eigenvalue weighted by molar-refractivity contribution is 5.94. The Hall–Kier alpha value is -1.42. The molecule has 3 nitrogen and oxygen atoms in total. The average molecular weight is 293 g/mol. The summed E-state index contributed by atoms with van der Waals surface area (Å²) in [6.07, 6.45) is 4.14. The summed E-state index contributed by atoms with van der Waals surface area (Å²) in [4.78, 5) is 14.3. The fourth-order valence-electron chi connectivity index (χ4n) is 2.72. The van der Waals surface area contributed by atoms with Crippen LogP contribution in [0.15, 0.2) is 18.2 Å². The van der Waals surface area contributed by atoms with Crippen LogP contribution in [0.1, 0.15) is 48.5 Å². The van der Waals surface area contributed by atoms with Crippen molar-refractivity contribution in [1.29, 1.82) is 0 Å². The van der Waals surface area contributed by atoms with Crippen LogP contribution in [-0.4, -0.2) is 36.6 Å². The maximum absolute atomic E-state index is 13.9. The first-order chi connectivity index (χ1) is 10.1. The van der Waals surface area contributed by atoms with Crippen LogP contribution in [0.2, 0.25) is 0 Å². The molecule has 1 aromatic carbocycles. The molecule has 0 radical (unpaired) electrons. The summed E-state index contributed by atoms with van der Waals surface area (Å²) < 4.78 is 19.6. The van der Waals surface area contributed by atoms with Gasteiger partial charge in [0.2, 0.25) is 0 Å². The van der Waals surface area contributed by atoms with Crippen LogP contribution in [0.4, 0.5) is 4.39 Å². The van der Waals surface area contributed by atoms with E-state index in [1.54, 1.807) is 17.0 Å². The van der Waals surface area contributed by atoms with Crippen molar-refractivity contribution < 1.29 is 13.9 Å². The second kappa shape index (κ2) is 7.55. The summed E-state index contributed by atoms with van der Waals surface area (Å²) in [6.45, 7) is 5.84. The number of ether oxygens (including phenoxy) is 1. The summed E-state index contributed by atoms with van der Waals surface area (Å²) in [5, 5.41) is 0. The van der Waals surface area contributed by atoms with Gasteiger partial charge in [-0.3, -0.25) is 4.79 Å². The molecule has 0 spiro atoms. The molecule has 0 N–H and O–H groups in total. The molecule has 1 aromatic rings. The zero-order valence-corrected chi connectivity index (χ0v) is 12.9. The molecule has 0 bridgehead atoms. The van der Waals surface area contributed by atoms with E-state index in [4.69, 9.17) is 4.74 Å². The van der Waals surface area contributed by atoms with E-state index in [1.165, 1.54) is 6.07 Å². The zero-order chi connectivity index (χ0) is 15.2. The lowest BCUT2D eigenvalue weighted by atomic mass is 10.1. The Morgan fingerprint density at radius 3 is 2.90 bits per heavy atom. The van der Waals surface area contributed by atoms with E-state index in [0.717, 1.165) is 37.9 Å². The van der Waals surface area contributed by atoms with Crippen molar-refractivity contribution in [2.24, 2.45) is 0 Å². The van der Waals surface area contributed by atoms with Gasteiger partial charge >= 0.3 is 0 Å². The Balaban J connectivity index is 2.12. The van der Waals surface area contributed by atoms with Crippen molar-refractivity contribution in [3.05, 3.63) is 35.1 Å². The maximum atomic E-state index is 13.9. The number of amides is 1. The van der Waals surface area contributed by atoms with Gasteiger partial charge in [0.1, 0.15) is 5.82 Å².